The number of aliphatic hydroxyl groups is 2. The third-order valence-electron chi connectivity index (χ3n) is 24.6. The van der Waals surface area contributed by atoms with Crippen LogP contribution in [0.4, 0.5) is 62.3 Å². The smallest absolute Gasteiger partial charge is 0.416 e. The maximum atomic E-state index is 13.6. The molecule has 0 spiro atoms. The summed E-state index contributed by atoms with van der Waals surface area (Å²) < 4.78 is 199. The fourth-order valence-corrected chi connectivity index (χ4v) is 16.4. The molecule has 4 saturated heterocycles. The molecule has 5 amide bonds. The second-order valence-corrected chi connectivity index (χ2v) is 37.5. The number of carbonyl (C=O) groups excluding carboxylic acids is 6. The Balaban J connectivity index is 0.000000204. The summed E-state index contributed by atoms with van der Waals surface area (Å²) in [7, 11) is 0. The van der Waals surface area contributed by atoms with Gasteiger partial charge in [0.1, 0.15) is 57.2 Å². The van der Waals surface area contributed by atoms with E-state index in [4.69, 9.17) is 43.6 Å². The van der Waals surface area contributed by atoms with Crippen LogP contribution in [0.3, 0.4) is 0 Å². The Morgan fingerprint density at radius 1 is 0.403 bits per heavy atom. The van der Waals surface area contributed by atoms with Gasteiger partial charge in [0.15, 0.2) is 5.78 Å². The number of likely N-dealkylation sites (tertiary alicyclic amines) is 2. The molecule has 13 aromatic carbocycles. The van der Waals surface area contributed by atoms with Gasteiger partial charge in [0.05, 0.1) is 80.0 Å². The summed E-state index contributed by atoms with van der Waals surface area (Å²) in [5.41, 5.74) is 4.40. The molecule has 17 rings (SSSR count). The molecule has 0 saturated carbocycles. The first-order chi connectivity index (χ1) is 68.9. The average molecular weight is 2150 g/mol. The minimum atomic E-state index is -4.43. The molecule has 5 atom stereocenters. The van der Waals surface area contributed by atoms with Gasteiger partial charge in [0.25, 0.3) is 17.7 Å². The van der Waals surface area contributed by atoms with Crippen molar-refractivity contribution < 1.29 is 130 Å². The lowest BCUT2D eigenvalue weighted by molar-refractivity contribution is -0.138. The highest BCUT2D eigenvalue weighted by Gasteiger charge is 2.43. The van der Waals surface area contributed by atoms with Crippen LogP contribution >= 0.6 is 54.0 Å². The Morgan fingerprint density at radius 2 is 0.732 bits per heavy atom. The molecule has 4 aliphatic heterocycles. The predicted octanol–water partition coefficient (Wildman–Crippen LogP) is 23.3. The maximum absolute atomic E-state index is 13.6. The summed E-state index contributed by atoms with van der Waals surface area (Å²) in [6.45, 7) is 15.8. The summed E-state index contributed by atoms with van der Waals surface area (Å²) in [5.74, 6) is 2.19. The molecule has 0 bridgehead atoms. The fraction of sp³-hybridized carbons (Fsp3) is 0.309. The number of nitrogens with one attached hydrogen (secondary N) is 4. The average Bonchev–Trinajstić information content (AvgIpc) is 1.01. The van der Waals surface area contributed by atoms with E-state index in [0.29, 0.717) is 115 Å². The molecule has 39 heteroatoms. The zero-order chi connectivity index (χ0) is 104. The molecular weight excluding hydrogens is 2030 g/mol. The molecule has 149 heavy (non-hydrogen) atoms. The number of hydrogen-bond donors (Lipinski definition) is 7. The van der Waals surface area contributed by atoms with Gasteiger partial charge in [-0.1, -0.05) is 84.9 Å². The van der Waals surface area contributed by atoms with Crippen LogP contribution in [0.5, 0.6) is 46.0 Å². The lowest BCUT2D eigenvalue weighted by Crippen LogP contribution is -2.60. The van der Waals surface area contributed by atoms with Crippen molar-refractivity contribution in [3.8, 4) is 46.0 Å². The van der Waals surface area contributed by atoms with Crippen LogP contribution in [-0.4, -0.2) is 164 Å². The van der Waals surface area contributed by atoms with Gasteiger partial charge in [-0.2, -0.15) is 107 Å². The van der Waals surface area contributed by atoms with Crippen LogP contribution in [0.25, 0.3) is 43.1 Å². The Kier molecular flexibility index (Phi) is 40.8. The van der Waals surface area contributed by atoms with Crippen LogP contribution in [0.15, 0.2) is 273 Å². The number of nitrogens with two attached hydrogens (primary N) is 1. The van der Waals surface area contributed by atoms with E-state index in [1.807, 2.05) is 69.3 Å². The van der Waals surface area contributed by atoms with E-state index < -0.39 is 70.3 Å². The first-order valence-corrected chi connectivity index (χ1v) is 46.6. The third kappa shape index (κ3) is 32.1. The number of amides is 5. The number of ketones is 1. The Morgan fingerprint density at radius 3 is 1.05 bits per heavy atom. The summed E-state index contributed by atoms with van der Waals surface area (Å²) >= 11 is 0. The molecule has 1 unspecified atom stereocenters. The summed E-state index contributed by atoms with van der Waals surface area (Å²) in [5, 5.41) is 37.0. The zero-order valence-electron chi connectivity index (χ0n) is 81.6. The van der Waals surface area contributed by atoms with E-state index >= 15 is 0 Å². The van der Waals surface area contributed by atoms with Crippen molar-refractivity contribution in [2.24, 2.45) is 35.3 Å². The van der Waals surface area contributed by atoms with Gasteiger partial charge in [-0.25, -0.2) is 9.59 Å². The number of carbonyl (C=O) groups is 6. The van der Waals surface area contributed by atoms with Gasteiger partial charge in [-0.3, -0.25) is 19.2 Å². The minimum Gasteiger partial charge on any atom is -0.457 e. The molecule has 0 aliphatic carbocycles. The molecule has 0 radical (unpaired) electrons. The maximum Gasteiger partial charge on any atom is 0.416 e. The first-order valence-electron chi connectivity index (χ1n) is 46.6. The molecule has 0 aromatic heterocycles. The number of nitrogens with zero attached hydrogens (tertiary/aromatic N) is 2. The van der Waals surface area contributed by atoms with Crippen LogP contribution in [0, 0.1) is 29.6 Å². The molecule has 8 N–H and O–H groups in total. The molecule has 4 fully saturated rings. The number of Topliss-reactive ketones (excluding diaryl/α,β-unsaturated/α-hetero) is 1. The third-order valence-corrected chi connectivity index (χ3v) is 24.6. The number of fused-ring (bicyclic) bond motifs is 4. The first kappa shape index (κ1) is 118. The van der Waals surface area contributed by atoms with Crippen molar-refractivity contribution in [2.75, 3.05) is 78.8 Å². The summed E-state index contributed by atoms with van der Waals surface area (Å²) in [6, 6.07) is 68.6. The molecule has 4 heterocycles. The van der Waals surface area contributed by atoms with E-state index in [1.165, 1.54) is 53.4 Å². The number of rotatable bonds is 27. The van der Waals surface area contributed by atoms with Gasteiger partial charge in [0, 0.05) is 107 Å². The fourth-order valence-electron chi connectivity index (χ4n) is 16.4. The number of alkyl halides is 12. The topological polar surface area (TPSA) is 297 Å². The highest BCUT2D eigenvalue weighted by Crippen LogP contribution is 2.42. The lowest BCUT2D eigenvalue weighted by atomic mass is 9.82. The van der Waals surface area contributed by atoms with Crippen LogP contribution in [-0.2, 0) is 50.3 Å². The number of halogens is 12. The van der Waals surface area contributed by atoms with Gasteiger partial charge < -0.3 is 84.9 Å². The number of benzene rings is 13. The molecule has 794 valence electrons. The molecule has 13 aromatic rings. The van der Waals surface area contributed by atoms with Gasteiger partial charge >= 0.3 is 36.9 Å². The van der Waals surface area contributed by atoms with E-state index in [9.17, 15) is 91.7 Å². The second-order valence-electron chi connectivity index (χ2n) is 37.5. The van der Waals surface area contributed by atoms with E-state index in [2.05, 4.69) is 21.3 Å². The standard InChI is InChI=1S/C36H36F3NO5.C28H29F3N2O5.2C23H21F3N2O3.4H2S/c1-35(2,3)45-34(42)40-20-28(21-40)27(23-43-22-24-8-5-4-6-9-24)19-32(41)26-12-17-31-25(18-26)10-7-11-33(31)44-30-15-13-29(14-16-30)36(37,38)39;1-27(2,3)38-26(36)33-14-19(15-33)23(16-34)32-25(35)18-7-12-22-17(13-18)5-4-6-24(22)37-21-10-8-20(9-11-21)28(29,30)31;24-23(25,26)17-5-7-18(8-6-17)31-21-3-1-2-14-10-15(4-9-19(14)21)22(29)28-20-13-30-12-16(20)11-27;24-23(25,26)17-5-7-18(8-6-17)31-21-3-1-2-14-10-15(4-9-19(14)21)22(30)28-20(13-29)16-11-27-12-16;;;;/h4-18,27-28H,19-23H2,1-3H3;4-13,19,23,34H,14-16H2,1-3H3,(H,32,35);1-10,16,20H,11-13,27H2,(H,28,29);1-10,16,20,27,29H,11-13H2,(H,28,30);4*1H2/t27-;23-;16?,20-;20-;;;;/m1111..../s1. The number of hydrogen-bond acceptors (Lipinski definition) is 18. The highest BCUT2D eigenvalue weighted by atomic mass is 32.1. The highest BCUT2D eigenvalue weighted by molar-refractivity contribution is 7.59. The van der Waals surface area contributed by atoms with Crippen molar-refractivity contribution in [2.45, 2.75) is 109 Å². The van der Waals surface area contributed by atoms with Crippen LogP contribution in [0.2, 0.25) is 0 Å². The lowest BCUT2D eigenvalue weighted by Gasteiger charge is -2.43. The monoisotopic (exact) mass is 2150 g/mol. The Hall–Kier alpha value is -13.0. The van der Waals surface area contributed by atoms with Crippen molar-refractivity contribution in [1.82, 2.24) is 31.1 Å². The van der Waals surface area contributed by atoms with Crippen LogP contribution < -0.4 is 45.9 Å². The second kappa shape index (κ2) is 51.5. The molecule has 23 nitrogen and oxygen atoms in total. The SMILES string of the molecule is CC(C)(C)OC(=O)N1CC([C@@H](CO)NC(=O)c2ccc3c(Oc4ccc(C(F)(F)F)cc4)cccc3c2)C1.CC(C)(C)OC(=O)N1CC([C@@H](COCc2ccccc2)CC(=O)c2ccc3c(Oc4ccc(C(F)(F)F)cc4)cccc3c2)C1.NCC1COC[C@H]1NC(=O)c1ccc2c(Oc3ccc(C(F)(F)F)cc3)cccc2c1.O=C(N[C@H](CO)C1CNC1)c1ccc2c(Oc3ccc(C(F)(F)F)cc3)cccc2c1.S.S.S.S. The van der Waals surface area contributed by atoms with Crippen molar-refractivity contribution in [1.29, 1.82) is 0 Å². The van der Waals surface area contributed by atoms with Crippen LogP contribution in [0.1, 0.15) is 117 Å². The van der Waals surface area contributed by atoms with Gasteiger partial charge in [-0.15, -0.1) is 0 Å². The van der Waals surface area contributed by atoms with Crippen molar-refractivity contribution >= 4 is 133 Å². The summed E-state index contributed by atoms with van der Waals surface area (Å²) in [6.07, 6.45) is -18.2. The molecular formula is C110H115F12N7O16S4. The predicted molar refractivity (Wildman–Crippen MR) is 562 cm³/mol. The minimum absolute atomic E-state index is 0. The zero-order valence-corrected chi connectivity index (χ0v) is 85.6. The number of ether oxygens (including phenoxy) is 8. The van der Waals surface area contributed by atoms with Gasteiger partial charge in [-0.05, 0) is 275 Å². The molecule has 4 aliphatic rings. The number of aliphatic hydroxyl groups excluding tert-OH is 2. The van der Waals surface area contributed by atoms with E-state index in [0.717, 1.165) is 99.5 Å². The Labute approximate surface area is 879 Å². The van der Waals surface area contributed by atoms with E-state index in [1.54, 1.807) is 153 Å². The summed E-state index contributed by atoms with van der Waals surface area (Å²) in [4.78, 5) is 79.7. The van der Waals surface area contributed by atoms with E-state index in [-0.39, 0.29) is 168 Å². The van der Waals surface area contributed by atoms with Crippen molar-refractivity contribution in [3.63, 3.8) is 0 Å². The van der Waals surface area contributed by atoms with Gasteiger partial charge in [0.2, 0.25) is 0 Å². The normalized spacial score (nSPS) is 15.4. The Bertz CT molecular complexity index is 6560. The largest absolute Gasteiger partial charge is 0.457 e. The quantitative estimate of drug-likeness (QED) is 0.0186. The van der Waals surface area contributed by atoms with Crippen molar-refractivity contribution in [3.05, 3.63) is 323 Å².